The highest BCUT2D eigenvalue weighted by Gasteiger charge is 1.85. The molecule has 0 fully saturated rings. The average Bonchev–Trinajstić information content (AvgIpc) is 1.90. The Morgan fingerprint density at radius 3 is 2.12 bits per heavy atom. The van der Waals surface area contributed by atoms with Crippen LogP contribution >= 0.6 is 11.5 Å². The molecule has 0 amide bonds. The van der Waals surface area contributed by atoms with Crippen molar-refractivity contribution in [2.24, 2.45) is 0 Å². The summed E-state index contributed by atoms with van der Waals surface area (Å²) in [5.74, 6) is 0. The zero-order chi connectivity index (χ0) is 5.82. The molecule has 0 saturated heterocycles. The van der Waals surface area contributed by atoms with Crippen molar-refractivity contribution in [3.05, 3.63) is 30.3 Å². The highest BCUT2D eigenvalue weighted by Crippen LogP contribution is 1.81. The molecule has 0 radical (unpaired) electrons. The summed E-state index contributed by atoms with van der Waals surface area (Å²) >= 11 is 5.53. The smallest absolute Gasteiger partial charge is 0.194 e. The zero-order valence-electron chi connectivity index (χ0n) is 4.47. The van der Waals surface area contributed by atoms with Crippen LogP contribution in [0.3, 0.4) is 0 Å². The van der Waals surface area contributed by atoms with Gasteiger partial charge in [0.25, 0.3) is 6.69 Å². The third-order valence-electron chi connectivity index (χ3n) is 0.997. The zero-order valence-corrected chi connectivity index (χ0v) is 5.23. The van der Waals surface area contributed by atoms with Gasteiger partial charge in [-0.25, -0.2) is 0 Å². The van der Waals surface area contributed by atoms with E-state index >= 15 is 0 Å². The molecule has 0 aliphatic heterocycles. The Morgan fingerprint density at radius 2 is 1.75 bits per heavy atom. The summed E-state index contributed by atoms with van der Waals surface area (Å²) in [5.41, 5.74) is 1.18. The molecule has 1 aromatic carbocycles. The van der Waals surface area contributed by atoms with E-state index in [0.717, 1.165) is 0 Å². The molecule has 0 aliphatic rings. The molecule has 0 heterocycles. The van der Waals surface area contributed by atoms with Gasteiger partial charge in [0.2, 0.25) is 0 Å². The van der Waals surface area contributed by atoms with Crippen LogP contribution in [0.2, 0.25) is 0 Å². The van der Waals surface area contributed by atoms with E-state index in [4.69, 9.17) is 11.5 Å². The lowest BCUT2D eigenvalue weighted by atomic mass is 9.95. The largest absolute Gasteiger partial charge is 0.265 e. The van der Waals surface area contributed by atoms with Crippen LogP contribution in [0.25, 0.3) is 0 Å². The first-order chi connectivity index (χ1) is 3.93. The van der Waals surface area contributed by atoms with Gasteiger partial charge in [-0.05, 0) is 0 Å². The maximum Gasteiger partial charge on any atom is 0.265 e. The second-order valence-corrected chi connectivity index (χ2v) is 1.89. The number of benzene rings is 1. The molecule has 2 heteroatoms. The maximum atomic E-state index is 5.53. The predicted octanol–water partition coefficient (Wildman–Crippen LogP) is 0.902. The number of halogens is 1. The molecule has 1 aromatic rings. The third kappa shape index (κ3) is 1.27. The van der Waals surface area contributed by atoms with E-state index in [2.05, 4.69) is 0 Å². The molecule has 0 unspecified atom stereocenters. The van der Waals surface area contributed by atoms with Crippen LogP contribution < -0.4 is 5.46 Å². The quantitative estimate of drug-likeness (QED) is 0.488. The Morgan fingerprint density at radius 1 is 1.12 bits per heavy atom. The van der Waals surface area contributed by atoms with Gasteiger partial charge >= 0.3 is 0 Å². The predicted molar refractivity (Wildman–Crippen MR) is 39.1 cm³/mol. The van der Waals surface area contributed by atoms with Gasteiger partial charge in [0.05, 0.1) is 0 Å². The van der Waals surface area contributed by atoms with Crippen molar-refractivity contribution in [1.29, 1.82) is 0 Å². The van der Waals surface area contributed by atoms with E-state index in [1.807, 2.05) is 30.3 Å². The topological polar surface area (TPSA) is 0 Å². The van der Waals surface area contributed by atoms with Crippen molar-refractivity contribution in [2.75, 3.05) is 0 Å². The first-order valence-corrected chi connectivity index (χ1v) is 3.07. The fourth-order valence-corrected chi connectivity index (χ4v) is 0.745. The lowest BCUT2D eigenvalue weighted by Crippen LogP contribution is -2.05. The molecule has 0 atom stereocenters. The molecule has 0 aliphatic carbocycles. The molecular formula is C6H6BCl. The summed E-state index contributed by atoms with van der Waals surface area (Å²) in [4.78, 5) is 0. The first-order valence-electron chi connectivity index (χ1n) is 2.53. The fourth-order valence-electron chi connectivity index (χ4n) is 0.567. The van der Waals surface area contributed by atoms with E-state index in [9.17, 15) is 0 Å². The van der Waals surface area contributed by atoms with Crippen LogP contribution in [0.4, 0.5) is 0 Å². The normalized spacial score (nSPS) is 8.62. The van der Waals surface area contributed by atoms with Gasteiger partial charge in [0.1, 0.15) is 0 Å². The molecule has 40 valence electrons. The second-order valence-electron chi connectivity index (χ2n) is 1.62. The molecular weight excluding hydrogens is 118 g/mol. The van der Waals surface area contributed by atoms with Crippen LogP contribution in [0, 0.1) is 0 Å². The van der Waals surface area contributed by atoms with Crippen LogP contribution in [0.1, 0.15) is 0 Å². The SMILES string of the molecule is ClBc1ccccc1. The van der Waals surface area contributed by atoms with Crippen LogP contribution in [-0.2, 0) is 0 Å². The minimum atomic E-state index is 0.612. The van der Waals surface area contributed by atoms with Crippen molar-refractivity contribution >= 4 is 23.6 Å². The van der Waals surface area contributed by atoms with Crippen molar-refractivity contribution in [1.82, 2.24) is 0 Å². The van der Waals surface area contributed by atoms with E-state index < -0.39 is 0 Å². The Balaban J connectivity index is 2.83. The summed E-state index contributed by atoms with van der Waals surface area (Å²) in [6.07, 6.45) is 0. The number of hydrogen-bond acceptors (Lipinski definition) is 0. The van der Waals surface area contributed by atoms with Gasteiger partial charge in [0.15, 0.2) is 0 Å². The van der Waals surface area contributed by atoms with Gasteiger partial charge in [-0.1, -0.05) is 35.8 Å². The highest BCUT2D eigenvalue weighted by molar-refractivity contribution is 7.01. The molecule has 0 N–H and O–H groups in total. The molecule has 0 spiro atoms. The van der Waals surface area contributed by atoms with Crippen molar-refractivity contribution < 1.29 is 0 Å². The Labute approximate surface area is 54.6 Å². The van der Waals surface area contributed by atoms with Crippen LogP contribution in [-0.4, -0.2) is 6.69 Å². The standard InChI is InChI=1S/C6H6BCl/c8-7-6-4-2-1-3-5-6/h1-5,7H. The van der Waals surface area contributed by atoms with Crippen molar-refractivity contribution in [3.8, 4) is 0 Å². The van der Waals surface area contributed by atoms with E-state index in [1.54, 1.807) is 0 Å². The van der Waals surface area contributed by atoms with E-state index in [1.165, 1.54) is 5.46 Å². The lowest BCUT2D eigenvalue weighted by Gasteiger charge is -1.86. The van der Waals surface area contributed by atoms with Gasteiger partial charge < -0.3 is 0 Å². The molecule has 8 heavy (non-hydrogen) atoms. The van der Waals surface area contributed by atoms with E-state index in [-0.39, 0.29) is 0 Å². The van der Waals surface area contributed by atoms with Crippen LogP contribution in [0.15, 0.2) is 30.3 Å². The van der Waals surface area contributed by atoms with Crippen molar-refractivity contribution in [2.45, 2.75) is 0 Å². The minimum Gasteiger partial charge on any atom is -0.194 e. The van der Waals surface area contributed by atoms with Gasteiger partial charge in [0, 0.05) is 0 Å². The highest BCUT2D eigenvalue weighted by atomic mass is 35.5. The molecule has 0 aromatic heterocycles. The van der Waals surface area contributed by atoms with Crippen molar-refractivity contribution in [3.63, 3.8) is 0 Å². The fraction of sp³-hybridized carbons (Fsp3) is 0. The lowest BCUT2D eigenvalue weighted by molar-refractivity contribution is 1.77. The van der Waals surface area contributed by atoms with Gasteiger partial charge in [-0.3, -0.25) is 0 Å². The monoisotopic (exact) mass is 124 g/mol. The second kappa shape index (κ2) is 2.78. The van der Waals surface area contributed by atoms with Gasteiger partial charge in [-0.15, -0.1) is 0 Å². The molecule has 0 bridgehead atoms. The maximum absolute atomic E-state index is 5.53. The summed E-state index contributed by atoms with van der Waals surface area (Å²) in [6.45, 7) is 0.612. The Bertz CT molecular complexity index is 150. The average molecular weight is 124 g/mol. The number of rotatable bonds is 1. The Kier molecular flexibility index (Phi) is 1.98. The molecule has 0 nitrogen and oxygen atoms in total. The Hall–Kier alpha value is -0.425. The minimum absolute atomic E-state index is 0.612. The van der Waals surface area contributed by atoms with E-state index in [0.29, 0.717) is 6.69 Å². The summed E-state index contributed by atoms with van der Waals surface area (Å²) < 4.78 is 0. The number of hydrogen-bond donors (Lipinski definition) is 0. The summed E-state index contributed by atoms with van der Waals surface area (Å²) in [7, 11) is 0. The third-order valence-corrected chi connectivity index (χ3v) is 1.31. The van der Waals surface area contributed by atoms with Crippen LogP contribution in [0.5, 0.6) is 0 Å². The molecule has 0 saturated carbocycles. The molecule has 1 rings (SSSR count). The summed E-state index contributed by atoms with van der Waals surface area (Å²) in [5, 5.41) is 0. The summed E-state index contributed by atoms with van der Waals surface area (Å²) in [6, 6.07) is 9.96. The van der Waals surface area contributed by atoms with Gasteiger partial charge in [-0.2, -0.15) is 11.5 Å². The first kappa shape index (κ1) is 5.71.